The third-order valence-corrected chi connectivity index (χ3v) is 8.85. The number of carbonyl (C=O) groups is 1. The maximum Gasteiger partial charge on any atom is 0.254 e. The smallest absolute Gasteiger partial charge is 0.254 e. The van der Waals surface area contributed by atoms with Gasteiger partial charge in [-0.2, -0.15) is 5.10 Å². The summed E-state index contributed by atoms with van der Waals surface area (Å²) in [5.74, 6) is 1.00. The Labute approximate surface area is 230 Å². The van der Waals surface area contributed by atoms with Gasteiger partial charge in [-0.3, -0.25) is 9.48 Å². The third-order valence-electron chi connectivity index (χ3n) is 7.10. The molecule has 0 bridgehead atoms. The first-order valence-corrected chi connectivity index (χ1v) is 13.8. The molecule has 6 nitrogen and oxygen atoms in total. The van der Waals surface area contributed by atoms with Crippen LogP contribution in [0.2, 0.25) is 10.0 Å². The number of aromatic nitrogens is 3. The van der Waals surface area contributed by atoms with E-state index in [0.717, 1.165) is 51.6 Å². The van der Waals surface area contributed by atoms with Gasteiger partial charge in [0.2, 0.25) is 0 Å². The average Bonchev–Trinajstić information content (AvgIpc) is 3.49. The van der Waals surface area contributed by atoms with Crippen molar-refractivity contribution in [3.05, 3.63) is 73.8 Å². The van der Waals surface area contributed by atoms with Crippen molar-refractivity contribution in [3.8, 4) is 28.1 Å². The second-order valence-corrected chi connectivity index (χ2v) is 11.1. The SMILES string of the molecule is COc1ccc(-c2c(C)nn(C)c2C)c(C(=O)N2CCC(c3nc(-c4ccc(Cl)c(Cl)c4)cs3)CC2)c1. The topological polar surface area (TPSA) is 60.3 Å². The Morgan fingerprint density at radius 2 is 1.84 bits per heavy atom. The van der Waals surface area contributed by atoms with Crippen LogP contribution in [-0.4, -0.2) is 45.8 Å². The van der Waals surface area contributed by atoms with E-state index in [0.29, 0.717) is 40.4 Å². The summed E-state index contributed by atoms with van der Waals surface area (Å²) >= 11 is 13.9. The summed E-state index contributed by atoms with van der Waals surface area (Å²) in [7, 11) is 3.54. The van der Waals surface area contributed by atoms with Gasteiger partial charge in [0.25, 0.3) is 5.91 Å². The zero-order valence-electron chi connectivity index (χ0n) is 21.2. The number of carbonyl (C=O) groups excluding carboxylic acids is 1. The van der Waals surface area contributed by atoms with Gasteiger partial charge in [-0.15, -0.1) is 11.3 Å². The van der Waals surface area contributed by atoms with Gasteiger partial charge >= 0.3 is 0 Å². The molecule has 1 saturated heterocycles. The Morgan fingerprint density at radius 3 is 2.49 bits per heavy atom. The summed E-state index contributed by atoms with van der Waals surface area (Å²) < 4.78 is 7.32. The van der Waals surface area contributed by atoms with Crippen molar-refractivity contribution in [1.82, 2.24) is 19.7 Å². The molecule has 1 amide bonds. The van der Waals surface area contributed by atoms with Crippen molar-refractivity contribution in [2.75, 3.05) is 20.2 Å². The van der Waals surface area contributed by atoms with Crippen LogP contribution in [-0.2, 0) is 7.05 Å². The summed E-state index contributed by atoms with van der Waals surface area (Å²) in [4.78, 5) is 20.6. The summed E-state index contributed by atoms with van der Waals surface area (Å²) in [6.45, 7) is 5.35. The Morgan fingerprint density at radius 1 is 1.08 bits per heavy atom. The van der Waals surface area contributed by atoms with Gasteiger partial charge in [-0.05, 0) is 62.6 Å². The molecule has 0 atom stereocenters. The molecule has 1 fully saturated rings. The maximum absolute atomic E-state index is 13.8. The molecule has 0 N–H and O–H groups in total. The van der Waals surface area contributed by atoms with Crippen LogP contribution in [0.1, 0.15) is 45.5 Å². The number of amides is 1. The van der Waals surface area contributed by atoms with Crippen LogP contribution in [0.3, 0.4) is 0 Å². The van der Waals surface area contributed by atoms with Crippen molar-refractivity contribution >= 4 is 40.4 Å². The van der Waals surface area contributed by atoms with Crippen molar-refractivity contribution in [1.29, 1.82) is 0 Å². The second kappa shape index (κ2) is 10.5. The predicted octanol–water partition coefficient (Wildman–Crippen LogP) is 7.16. The number of nitrogens with zero attached hydrogens (tertiary/aromatic N) is 4. The molecular weight excluding hydrogens is 527 g/mol. The van der Waals surface area contributed by atoms with Crippen molar-refractivity contribution < 1.29 is 9.53 Å². The van der Waals surface area contributed by atoms with Crippen LogP contribution in [0.4, 0.5) is 0 Å². The van der Waals surface area contributed by atoms with E-state index in [-0.39, 0.29) is 5.91 Å². The van der Waals surface area contributed by atoms with Crippen molar-refractivity contribution in [2.24, 2.45) is 7.05 Å². The van der Waals surface area contributed by atoms with E-state index < -0.39 is 0 Å². The number of halogens is 2. The summed E-state index contributed by atoms with van der Waals surface area (Å²) in [6, 6.07) is 11.3. The van der Waals surface area contributed by atoms with E-state index in [1.165, 1.54) is 0 Å². The predicted molar refractivity (Wildman–Crippen MR) is 150 cm³/mol. The van der Waals surface area contributed by atoms with Crippen LogP contribution < -0.4 is 4.74 Å². The average molecular weight is 556 g/mol. The van der Waals surface area contributed by atoms with E-state index >= 15 is 0 Å². The number of likely N-dealkylation sites (tertiary alicyclic amines) is 1. The van der Waals surface area contributed by atoms with E-state index in [4.69, 9.17) is 32.9 Å². The number of methoxy groups -OCH3 is 1. The minimum Gasteiger partial charge on any atom is -0.497 e. The van der Waals surface area contributed by atoms with Gasteiger partial charge in [0.05, 0.1) is 39.1 Å². The van der Waals surface area contributed by atoms with Gasteiger partial charge in [-0.1, -0.05) is 29.3 Å². The quantitative estimate of drug-likeness (QED) is 0.262. The molecule has 192 valence electrons. The van der Waals surface area contributed by atoms with E-state index in [1.807, 2.05) is 60.8 Å². The first-order valence-electron chi connectivity index (χ1n) is 12.2. The largest absolute Gasteiger partial charge is 0.497 e. The molecule has 1 aliphatic rings. The molecule has 1 aliphatic heterocycles. The molecular formula is C28H28Cl2N4O2S. The summed E-state index contributed by atoms with van der Waals surface area (Å²) in [6.07, 6.45) is 1.73. The Hall–Kier alpha value is -2.87. The number of rotatable bonds is 5. The Bertz CT molecular complexity index is 1470. The lowest BCUT2D eigenvalue weighted by Crippen LogP contribution is -2.38. The molecule has 2 aromatic heterocycles. The van der Waals surface area contributed by atoms with Gasteiger partial charge in [0.15, 0.2) is 0 Å². The summed E-state index contributed by atoms with van der Waals surface area (Å²) in [5, 5.41) is 8.77. The molecule has 5 rings (SSSR count). The standard InChI is InChI=1S/C28H28Cl2N4O2S/c1-16-26(17(2)33(3)32-16)21-7-6-20(36-4)14-22(21)28(35)34-11-9-18(10-12-34)27-31-25(15-37-27)19-5-8-23(29)24(30)13-19/h5-8,13-15,18H,9-12H2,1-4H3. The first kappa shape index (κ1) is 25.8. The van der Waals surface area contributed by atoms with Crippen LogP contribution in [0.25, 0.3) is 22.4 Å². The maximum atomic E-state index is 13.8. The molecule has 3 heterocycles. The number of hydrogen-bond donors (Lipinski definition) is 0. The van der Waals surface area contributed by atoms with E-state index in [9.17, 15) is 4.79 Å². The zero-order chi connectivity index (χ0) is 26.3. The highest BCUT2D eigenvalue weighted by molar-refractivity contribution is 7.10. The highest BCUT2D eigenvalue weighted by atomic mass is 35.5. The van der Waals surface area contributed by atoms with E-state index in [2.05, 4.69) is 10.5 Å². The molecule has 0 spiro atoms. The fourth-order valence-electron chi connectivity index (χ4n) is 4.97. The Kier molecular flexibility index (Phi) is 7.30. The number of thiazole rings is 1. The van der Waals surface area contributed by atoms with Gasteiger partial charge in [0.1, 0.15) is 5.75 Å². The molecule has 0 radical (unpaired) electrons. The third kappa shape index (κ3) is 5.00. The van der Waals surface area contributed by atoms with Crippen LogP contribution in [0.15, 0.2) is 41.8 Å². The fraction of sp³-hybridized carbons (Fsp3) is 0.321. The lowest BCUT2D eigenvalue weighted by atomic mass is 9.94. The van der Waals surface area contributed by atoms with Crippen molar-refractivity contribution in [2.45, 2.75) is 32.6 Å². The van der Waals surface area contributed by atoms with Gasteiger partial charge < -0.3 is 9.64 Å². The Balaban J connectivity index is 1.34. The number of piperidine rings is 1. The molecule has 4 aromatic rings. The molecule has 2 aromatic carbocycles. The van der Waals surface area contributed by atoms with Gasteiger partial charge in [0, 0.05) is 48.3 Å². The normalized spacial score (nSPS) is 14.3. The molecule has 37 heavy (non-hydrogen) atoms. The number of ether oxygens (including phenoxy) is 1. The number of hydrogen-bond acceptors (Lipinski definition) is 5. The fourth-order valence-corrected chi connectivity index (χ4v) is 6.27. The second-order valence-electron chi connectivity index (χ2n) is 9.35. The first-order chi connectivity index (χ1) is 17.8. The number of aryl methyl sites for hydroxylation is 2. The molecule has 0 unspecified atom stereocenters. The highest BCUT2D eigenvalue weighted by Gasteiger charge is 2.29. The molecule has 0 saturated carbocycles. The van der Waals surface area contributed by atoms with E-state index in [1.54, 1.807) is 24.5 Å². The summed E-state index contributed by atoms with van der Waals surface area (Å²) in [5.41, 5.74) is 6.32. The van der Waals surface area contributed by atoms with Crippen LogP contribution in [0, 0.1) is 13.8 Å². The van der Waals surface area contributed by atoms with Gasteiger partial charge in [-0.25, -0.2) is 4.98 Å². The number of benzene rings is 2. The lowest BCUT2D eigenvalue weighted by molar-refractivity contribution is 0.0713. The lowest BCUT2D eigenvalue weighted by Gasteiger charge is -2.31. The highest BCUT2D eigenvalue weighted by Crippen LogP contribution is 2.37. The van der Waals surface area contributed by atoms with Crippen molar-refractivity contribution in [3.63, 3.8) is 0 Å². The van der Waals surface area contributed by atoms with Crippen LogP contribution in [0.5, 0.6) is 5.75 Å². The monoisotopic (exact) mass is 554 g/mol. The molecule has 9 heteroatoms. The van der Waals surface area contributed by atoms with Crippen LogP contribution >= 0.6 is 34.5 Å². The minimum atomic E-state index is 0.0191. The molecule has 0 aliphatic carbocycles. The zero-order valence-corrected chi connectivity index (χ0v) is 23.5. The minimum absolute atomic E-state index is 0.0191.